The molecule has 0 spiro atoms. The van der Waals surface area contributed by atoms with Crippen LogP contribution in [0.15, 0.2) is 35.7 Å². The molecule has 0 aliphatic heterocycles. The van der Waals surface area contributed by atoms with Crippen molar-refractivity contribution in [2.45, 2.75) is 13.5 Å². The molecule has 0 radical (unpaired) electrons. The summed E-state index contributed by atoms with van der Waals surface area (Å²) in [6.45, 7) is 2.57. The average molecular weight is 263 g/mol. The van der Waals surface area contributed by atoms with Crippen LogP contribution in [0.2, 0.25) is 0 Å². The number of rotatable bonds is 4. The fraction of sp³-hybridized carbons (Fsp3) is 0.154. The van der Waals surface area contributed by atoms with E-state index in [-0.39, 0.29) is 0 Å². The Morgan fingerprint density at radius 2 is 2.24 bits per heavy atom. The van der Waals surface area contributed by atoms with E-state index in [0.717, 1.165) is 16.9 Å². The standard InChI is InChI=1S/C13H13NOS2/c1-9-4-5-11(13(14)16)12(7-9)15-8-10-3-2-6-17-10/h2-7H,8H2,1H3,(H2,14,16). The van der Waals surface area contributed by atoms with Crippen LogP contribution >= 0.6 is 23.6 Å². The molecule has 88 valence electrons. The van der Waals surface area contributed by atoms with E-state index in [2.05, 4.69) is 0 Å². The summed E-state index contributed by atoms with van der Waals surface area (Å²) < 4.78 is 5.77. The maximum absolute atomic E-state index is 5.77. The molecule has 2 nitrogen and oxygen atoms in total. The maximum Gasteiger partial charge on any atom is 0.130 e. The second kappa shape index (κ2) is 5.29. The van der Waals surface area contributed by atoms with Crippen molar-refractivity contribution in [3.05, 3.63) is 51.7 Å². The van der Waals surface area contributed by atoms with Crippen molar-refractivity contribution >= 4 is 28.5 Å². The Bertz CT molecular complexity index is 520. The molecule has 0 atom stereocenters. The van der Waals surface area contributed by atoms with Crippen LogP contribution in [0, 0.1) is 6.92 Å². The highest BCUT2D eigenvalue weighted by Crippen LogP contribution is 2.22. The predicted molar refractivity (Wildman–Crippen MR) is 75.7 cm³/mol. The summed E-state index contributed by atoms with van der Waals surface area (Å²) in [4.78, 5) is 1.55. The Labute approximate surface area is 110 Å². The van der Waals surface area contributed by atoms with E-state index in [9.17, 15) is 0 Å². The molecule has 0 bridgehead atoms. The molecule has 4 heteroatoms. The topological polar surface area (TPSA) is 35.2 Å². The van der Waals surface area contributed by atoms with Gasteiger partial charge in [-0.3, -0.25) is 0 Å². The Kier molecular flexibility index (Phi) is 3.76. The van der Waals surface area contributed by atoms with Crippen LogP contribution in [-0.2, 0) is 6.61 Å². The quantitative estimate of drug-likeness (QED) is 0.860. The molecule has 0 unspecified atom stereocenters. The van der Waals surface area contributed by atoms with Gasteiger partial charge < -0.3 is 10.5 Å². The molecule has 1 aromatic carbocycles. The number of ether oxygens (including phenoxy) is 1. The smallest absolute Gasteiger partial charge is 0.130 e. The van der Waals surface area contributed by atoms with E-state index in [0.29, 0.717) is 11.6 Å². The molecular formula is C13H13NOS2. The molecule has 1 aromatic heterocycles. The van der Waals surface area contributed by atoms with Crippen molar-refractivity contribution in [3.8, 4) is 5.75 Å². The van der Waals surface area contributed by atoms with Gasteiger partial charge in [0.2, 0.25) is 0 Å². The number of aryl methyl sites for hydroxylation is 1. The fourth-order valence-electron chi connectivity index (χ4n) is 1.50. The lowest BCUT2D eigenvalue weighted by molar-refractivity contribution is 0.309. The van der Waals surface area contributed by atoms with Crippen LogP contribution in [0.3, 0.4) is 0 Å². The number of hydrogen-bond donors (Lipinski definition) is 1. The molecule has 0 fully saturated rings. The average Bonchev–Trinajstić information content (AvgIpc) is 2.78. The van der Waals surface area contributed by atoms with Gasteiger partial charge in [-0.25, -0.2) is 0 Å². The monoisotopic (exact) mass is 263 g/mol. The molecular weight excluding hydrogens is 250 g/mol. The van der Waals surface area contributed by atoms with Gasteiger partial charge >= 0.3 is 0 Å². The van der Waals surface area contributed by atoms with E-state index in [1.165, 1.54) is 4.88 Å². The van der Waals surface area contributed by atoms with Gasteiger partial charge in [-0.1, -0.05) is 24.4 Å². The molecule has 2 aromatic rings. The van der Waals surface area contributed by atoms with Crippen LogP contribution in [-0.4, -0.2) is 4.99 Å². The third-order valence-corrected chi connectivity index (χ3v) is 3.42. The second-order valence-electron chi connectivity index (χ2n) is 3.73. The summed E-state index contributed by atoms with van der Waals surface area (Å²) in [6.07, 6.45) is 0. The molecule has 0 saturated heterocycles. The normalized spacial score (nSPS) is 10.2. The van der Waals surface area contributed by atoms with E-state index in [4.69, 9.17) is 22.7 Å². The van der Waals surface area contributed by atoms with Crippen molar-refractivity contribution < 1.29 is 4.74 Å². The van der Waals surface area contributed by atoms with E-state index in [1.807, 2.05) is 42.6 Å². The highest BCUT2D eigenvalue weighted by molar-refractivity contribution is 7.80. The second-order valence-corrected chi connectivity index (χ2v) is 5.20. The lowest BCUT2D eigenvalue weighted by atomic mass is 10.1. The zero-order valence-electron chi connectivity index (χ0n) is 9.47. The highest BCUT2D eigenvalue weighted by atomic mass is 32.1. The SMILES string of the molecule is Cc1ccc(C(N)=S)c(OCc2cccs2)c1. The minimum Gasteiger partial charge on any atom is -0.487 e. The Morgan fingerprint density at radius 3 is 2.88 bits per heavy atom. The first-order valence-electron chi connectivity index (χ1n) is 5.22. The van der Waals surface area contributed by atoms with Gasteiger partial charge in [0.25, 0.3) is 0 Å². The Morgan fingerprint density at radius 1 is 1.41 bits per heavy atom. The lowest BCUT2D eigenvalue weighted by Gasteiger charge is -2.10. The van der Waals surface area contributed by atoms with Crippen molar-refractivity contribution in [2.75, 3.05) is 0 Å². The zero-order valence-corrected chi connectivity index (χ0v) is 11.1. The van der Waals surface area contributed by atoms with Gasteiger partial charge in [0.1, 0.15) is 17.3 Å². The number of thiocarbonyl (C=S) groups is 1. The Hall–Kier alpha value is -1.39. The molecule has 2 N–H and O–H groups in total. The minimum absolute atomic E-state index is 0.367. The van der Waals surface area contributed by atoms with E-state index in [1.54, 1.807) is 11.3 Å². The van der Waals surface area contributed by atoms with Crippen LogP contribution in [0.4, 0.5) is 0 Å². The third kappa shape index (κ3) is 3.05. The van der Waals surface area contributed by atoms with Gasteiger partial charge in [-0.2, -0.15) is 0 Å². The van der Waals surface area contributed by atoms with Crippen LogP contribution in [0.1, 0.15) is 16.0 Å². The zero-order chi connectivity index (χ0) is 12.3. The van der Waals surface area contributed by atoms with Gasteiger partial charge in [-0.15, -0.1) is 11.3 Å². The van der Waals surface area contributed by atoms with Gasteiger partial charge in [0, 0.05) is 4.88 Å². The number of benzene rings is 1. The van der Waals surface area contributed by atoms with Gasteiger partial charge in [0.05, 0.1) is 5.56 Å². The van der Waals surface area contributed by atoms with Gasteiger partial charge in [0.15, 0.2) is 0 Å². The molecule has 17 heavy (non-hydrogen) atoms. The first kappa shape index (κ1) is 12.1. The van der Waals surface area contributed by atoms with Crippen molar-refractivity contribution in [1.29, 1.82) is 0 Å². The third-order valence-electron chi connectivity index (χ3n) is 2.35. The summed E-state index contributed by atoms with van der Waals surface area (Å²) in [7, 11) is 0. The predicted octanol–water partition coefficient (Wildman–Crippen LogP) is 3.27. The summed E-state index contributed by atoms with van der Waals surface area (Å²) in [5.74, 6) is 0.755. The first-order chi connectivity index (χ1) is 8.16. The summed E-state index contributed by atoms with van der Waals surface area (Å²) >= 11 is 6.68. The summed E-state index contributed by atoms with van der Waals surface area (Å²) in [5, 5.41) is 2.03. The van der Waals surface area contributed by atoms with Crippen molar-refractivity contribution in [3.63, 3.8) is 0 Å². The molecule has 0 amide bonds. The number of hydrogen-bond acceptors (Lipinski definition) is 3. The minimum atomic E-state index is 0.367. The fourth-order valence-corrected chi connectivity index (χ4v) is 2.28. The maximum atomic E-state index is 5.77. The van der Waals surface area contributed by atoms with Gasteiger partial charge in [-0.05, 0) is 36.1 Å². The Balaban J connectivity index is 2.19. The lowest BCUT2D eigenvalue weighted by Crippen LogP contribution is -2.11. The van der Waals surface area contributed by atoms with E-state index < -0.39 is 0 Å². The van der Waals surface area contributed by atoms with Crippen LogP contribution in [0.25, 0.3) is 0 Å². The summed E-state index contributed by atoms with van der Waals surface area (Å²) in [5.41, 5.74) is 7.59. The molecule has 1 heterocycles. The molecule has 0 aliphatic rings. The number of nitrogens with two attached hydrogens (primary N) is 1. The molecule has 2 rings (SSSR count). The first-order valence-corrected chi connectivity index (χ1v) is 6.51. The largest absolute Gasteiger partial charge is 0.487 e. The van der Waals surface area contributed by atoms with Crippen LogP contribution < -0.4 is 10.5 Å². The van der Waals surface area contributed by atoms with Crippen molar-refractivity contribution in [2.24, 2.45) is 5.73 Å². The molecule has 0 saturated carbocycles. The highest BCUT2D eigenvalue weighted by Gasteiger charge is 2.07. The summed E-state index contributed by atoms with van der Waals surface area (Å²) in [6, 6.07) is 9.89. The van der Waals surface area contributed by atoms with E-state index >= 15 is 0 Å². The van der Waals surface area contributed by atoms with Crippen LogP contribution in [0.5, 0.6) is 5.75 Å². The molecule has 0 aliphatic carbocycles. The van der Waals surface area contributed by atoms with Crippen molar-refractivity contribution in [1.82, 2.24) is 0 Å². The number of thiophene rings is 1.